The van der Waals surface area contributed by atoms with Crippen LogP contribution in [0.2, 0.25) is 15.1 Å². The van der Waals surface area contributed by atoms with Crippen LogP contribution in [0.5, 0.6) is 0 Å². The molecule has 1 aliphatic heterocycles. The number of likely N-dealkylation sites (tertiary alicyclic amines) is 1. The molecule has 19 heavy (non-hydrogen) atoms. The molecule has 2 N–H and O–H groups in total. The molecule has 0 bridgehead atoms. The molecule has 0 spiro atoms. The van der Waals surface area contributed by atoms with Crippen molar-refractivity contribution in [3.63, 3.8) is 0 Å². The average Bonchev–Trinajstić information content (AvgIpc) is 2.38. The molecule has 0 unspecified atom stereocenters. The lowest BCUT2D eigenvalue weighted by molar-refractivity contribution is -0.899. The van der Waals surface area contributed by atoms with Crippen molar-refractivity contribution in [3.05, 3.63) is 27.2 Å². The van der Waals surface area contributed by atoms with Gasteiger partial charge in [0, 0.05) is 23.6 Å². The zero-order valence-electron chi connectivity index (χ0n) is 10.8. The van der Waals surface area contributed by atoms with E-state index in [0.29, 0.717) is 20.8 Å². The van der Waals surface area contributed by atoms with Crippen LogP contribution in [0, 0.1) is 0 Å². The first kappa shape index (κ1) is 14.9. The SMILES string of the molecule is CC[NH+]1CCC(=NNc2c(Cl)cc(Cl)cc2Cl)CC1. The van der Waals surface area contributed by atoms with Crippen LogP contribution in [0.4, 0.5) is 5.69 Å². The summed E-state index contributed by atoms with van der Waals surface area (Å²) in [5.74, 6) is 0. The predicted octanol–water partition coefficient (Wildman–Crippen LogP) is 3.11. The fraction of sp³-hybridized carbons (Fsp3) is 0.462. The molecule has 1 aromatic rings. The Kier molecular flexibility index (Phi) is 5.34. The number of anilines is 1. The molecule has 6 heteroatoms. The van der Waals surface area contributed by atoms with E-state index in [1.54, 1.807) is 17.0 Å². The van der Waals surface area contributed by atoms with Gasteiger partial charge in [-0.05, 0) is 19.1 Å². The highest BCUT2D eigenvalue weighted by molar-refractivity contribution is 6.41. The van der Waals surface area contributed by atoms with Crippen molar-refractivity contribution in [2.24, 2.45) is 5.10 Å². The number of rotatable bonds is 3. The Bertz CT molecular complexity index is 455. The van der Waals surface area contributed by atoms with E-state index in [9.17, 15) is 0 Å². The van der Waals surface area contributed by atoms with E-state index in [4.69, 9.17) is 34.8 Å². The summed E-state index contributed by atoms with van der Waals surface area (Å²) in [6.45, 7) is 5.66. The van der Waals surface area contributed by atoms with Gasteiger partial charge in [-0.15, -0.1) is 0 Å². The Balaban J connectivity index is 2.03. The molecule has 104 valence electrons. The molecule has 1 saturated heterocycles. The third kappa shape index (κ3) is 3.99. The van der Waals surface area contributed by atoms with Crippen molar-refractivity contribution in [2.45, 2.75) is 19.8 Å². The van der Waals surface area contributed by atoms with E-state index in [0.717, 1.165) is 25.9 Å². The molecule has 1 heterocycles. The summed E-state index contributed by atoms with van der Waals surface area (Å²) in [5, 5.41) is 5.91. The Morgan fingerprint density at radius 2 is 1.74 bits per heavy atom. The lowest BCUT2D eigenvalue weighted by Crippen LogP contribution is -3.12. The van der Waals surface area contributed by atoms with Gasteiger partial charge in [-0.2, -0.15) is 5.10 Å². The van der Waals surface area contributed by atoms with Gasteiger partial charge in [-0.25, -0.2) is 0 Å². The van der Waals surface area contributed by atoms with Gasteiger partial charge in [0.1, 0.15) is 0 Å². The van der Waals surface area contributed by atoms with Crippen LogP contribution in [0.15, 0.2) is 17.2 Å². The second-order valence-corrected chi connectivity index (χ2v) is 5.89. The number of nitrogens with one attached hydrogen (secondary N) is 2. The molecular weight excluding hydrogens is 305 g/mol. The van der Waals surface area contributed by atoms with Crippen LogP contribution in [-0.2, 0) is 0 Å². The summed E-state index contributed by atoms with van der Waals surface area (Å²) in [5.41, 5.74) is 4.75. The van der Waals surface area contributed by atoms with Crippen molar-refractivity contribution in [1.82, 2.24) is 0 Å². The molecule has 0 aromatic heterocycles. The van der Waals surface area contributed by atoms with Crippen molar-refractivity contribution < 1.29 is 4.90 Å². The highest BCUT2D eigenvalue weighted by atomic mass is 35.5. The highest BCUT2D eigenvalue weighted by Crippen LogP contribution is 2.33. The van der Waals surface area contributed by atoms with E-state index in [1.165, 1.54) is 12.3 Å². The molecule has 1 aromatic carbocycles. The number of hydrogen-bond donors (Lipinski definition) is 2. The number of hydrazone groups is 1. The maximum Gasteiger partial charge on any atom is 0.0935 e. The molecule has 1 fully saturated rings. The molecule has 0 saturated carbocycles. The van der Waals surface area contributed by atoms with Crippen LogP contribution >= 0.6 is 34.8 Å². The molecule has 0 atom stereocenters. The number of piperidine rings is 1. The summed E-state index contributed by atoms with van der Waals surface area (Å²) >= 11 is 18.1. The second kappa shape index (κ2) is 6.80. The summed E-state index contributed by atoms with van der Waals surface area (Å²) in [6, 6.07) is 3.31. The Hall–Kier alpha value is -0.480. The summed E-state index contributed by atoms with van der Waals surface area (Å²) < 4.78 is 0. The van der Waals surface area contributed by atoms with Gasteiger partial charge >= 0.3 is 0 Å². The molecule has 0 amide bonds. The Morgan fingerprint density at radius 3 is 2.26 bits per heavy atom. The maximum atomic E-state index is 6.09. The van der Waals surface area contributed by atoms with E-state index in [2.05, 4.69) is 17.5 Å². The highest BCUT2D eigenvalue weighted by Gasteiger charge is 2.16. The van der Waals surface area contributed by atoms with E-state index in [1.807, 2.05) is 0 Å². The topological polar surface area (TPSA) is 28.8 Å². The minimum absolute atomic E-state index is 0.485. The fourth-order valence-corrected chi connectivity index (χ4v) is 3.04. The number of benzene rings is 1. The molecule has 1 aliphatic rings. The van der Waals surface area contributed by atoms with Crippen LogP contribution in [0.3, 0.4) is 0 Å². The van der Waals surface area contributed by atoms with Crippen molar-refractivity contribution >= 4 is 46.2 Å². The number of halogens is 3. The minimum Gasteiger partial charge on any atom is -0.335 e. The standard InChI is InChI=1S/C13H16Cl3N3/c1-2-19-5-3-10(4-6-19)17-18-13-11(15)7-9(14)8-12(13)16/h7-8,18H,2-6H2,1H3/p+1. The van der Waals surface area contributed by atoms with Crippen LogP contribution in [0.25, 0.3) is 0 Å². The minimum atomic E-state index is 0.485. The average molecular weight is 322 g/mol. The predicted molar refractivity (Wildman–Crippen MR) is 83.0 cm³/mol. The van der Waals surface area contributed by atoms with E-state index in [-0.39, 0.29) is 0 Å². The molecule has 0 radical (unpaired) electrons. The van der Waals surface area contributed by atoms with Gasteiger partial charge in [-0.3, -0.25) is 5.43 Å². The third-order valence-corrected chi connectivity index (χ3v) is 4.18. The molecule has 0 aliphatic carbocycles. The third-order valence-electron chi connectivity index (χ3n) is 3.37. The van der Waals surface area contributed by atoms with Gasteiger partial charge < -0.3 is 4.90 Å². The summed E-state index contributed by atoms with van der Waals surface area (Å²) in [7, 11) is 0. The fourth-order valence-electron chi connectivity index (χ4n) is 2.14. The number of quaternary nitrogens is 1. The summed E-state index contributed by atoms with van der Waals surface area (Å²) in [6.07, 6.45) is 2.03. The molecule has 2 rings (SSSR count). The van der Waals surface area contributed by atoms with Crippen LogP contribution in [0.1, 0.15) is 19.8 Å². The Labute approximate surface area is 128 Å². The normalized spacial score (nSPS) is 19.4. The lowest BCUT2D eigenvalue weighted by Gasteiger charge is -2.23. The number of nitrogens with zero attached hydrogens (tertiary/aromatic N) is 1. The quantitative estimate of drug-likeness (QED) is 0.823. The molecular formula is C13H17Cl3N3+. The smallest absolute Gasteiger partial charge is 0.0935 e. The van der Waals surface area contributed by atoms with Gasteiger partial charge in [0.25, 0.3) is 0 Å². The molecule has 3 nitrogen and oxygen atoms in total. The van der Waals surface area contributed by atoms with E-state index >= 15 is 0 Å². The van der Waals surface area contributed by atoms with Crippen molar-refractivity contribution in [1.29, 1.82) is 0 Å². The maximum absolute atomic E-state index is 6.09. The van der Waals surface area contributed by atoms with Crippen LogP contribution < -0.4 is 10.3 Å². The first-order chi connectivity index (χ1) is 9.10. The first-order valence-corrected chi connectivity index (χ1v) is 7.53. The summed E-state index contributed by atoms with van der Waals surface area (Å²) in [4.78, 5) is 1.63. The lowest BCUT2D eigenvalue weighted by atomic mass is 10.1. The second-order valence-electron chi connectivity index (χ2n) is 4.64. The van der Waals surface area contributed by atoms with Gasteiger partial charge in [0.05, 0.1) is 35.4 Å². The van der Waals surface area contributed by atoms with E-state index < -0.39 is 0 Å². The zero-order chi connectivity index (χ0) is 13.8. The Morgan fingerprint density at radius 1 is 1.16 bits per heavy atom. The van der Waals surface area contributed by atoms with Gasteiger partial charge in [-0.1, -0.05) is 34.8 Å². The van der Waals surface area contributed by atoms with Crippen molar-refractivity contribution in [3.8, 4) is 0 Å². The van der Waals surface area contributed by atoms with Crippen LogP contribution in [-0.4, -0.2) is 25.3 Å². The van der Waals surface area contributed by atoms with Crippen molar-refractivity contribution in [2.75, 3.05) is 25.1 Å². The first-order valence-electron chi connectivity index (χ1n) is 6.39. The number of hydrogen-bond acceptors (Lipinski definition) is 2. The van der Waals surface area contributed by atoms with Gasteiger partial charge in [0.2, 0.25) is 0 Å². The zero-order valence-corrected chi connectivity index (χ0v) is 13.0. The monoisotopic (exact) mass is 320 g/mol. The van der Waals surface area contributed by atoms with Gasteiger partial charge in [0.15, 0.2) is 0 Å². The largest absolute Gasteiger partial charge is 0.335 e.